The summed E-state index contributed by atoms with van der Waals surface area (Å²) < 4.78 is 32.0. The fourth-order valence-corrected chi connectivity index (χ4v) is 5.44. The summed E-state index contributed by atoms with van der Waals surface area (Å²) in [5.41, 5.74) is -0.972. The molecule has 0 bridgehead atoms. The van der Waals surface area contributed by atoms with Gasteiger partial charge in [0.2, 0.25) is 0 Å². The number of esters is 1. The number of amides is 1. The lowest BCUT2D eigenvalue weighted by atomic mass is 9.88. The van der Waals surface area contributed by atoms with Crippen LogP contribution in [0.1, 0.15) is 87.6 Å². The molecule has 0 saturated carbocycles. The van der Waals surface area contributed by atoms with Crippen LogP contribution in [0.25, 0.3) is 22.2 Å². The molecular weight excluding hydrogens is 543 g/mol. The number of hydrogen-bond donors (Lipinski definition) is 0. The molecule has 2 heterocycles. The third kappa shape index (κ3) is 5.75. The molecule has 42 heavy (non-hydrogen) atoms. The van der Waals surface area contributed by atoms with E-state index in [1.807, 2.05) is 39.8 Å². The van der Waals surface area contributed by atoms with Crippen LogP contribution in [0.15, 0.2) is 36.4 Å². The minimum absolute atomic E-state index is 0.00599. The van der Waals surface area contributed by atoms with Gasteiger partial charge in [0.1, 0.15) is 17.0 Å². The van der Waals surface area contributed by atoms with Crippen LogP contribution in [0.2, 0.25) is 0 Å². The van der Waals surface area contributed by atoms with E-state index in [-0.39, 0.29) is 27.7 Å². The van der Waals surface area contributed by atoms with Gasteiger partial charge in [0, 0.05) is 17.5 Å². The van der Waals surface area contributed by atoms with Gasteiger partial charge in [-0.15, -0.1) is 0 Å². The monoisotopic (exact) mass is 580 g/mol. The topological polar surface area (TPSA) is 104 Å². The van der Waals surface area contributed by atoms with Crippen molar-refractivity contribution in [3.63, 3.8) is 0 Å². The second kappa shape index (κ2) is 10.9. The summed E-state index contributed by atoms with van der Waals surface area (Å²) >= 11 is 0. The van der Waals surface area contributed by atoms with E-state index in [4.69, 9.17) is 14.2 Å². The van der Waals surface area contributed by atoms with Crippen LogP contribution in [-0.4, -0.2) is 58.8 Å². The van der Waals surface area contributed by atoms with Gasteiger partial charge in [0.25, 0.3) is 0 Å². The first kappa shape index (κ1) is 30.7. The van der Waals surface area contributed by atoms with E-state index >= 15 is 0 Å². The average Bonchev–Trinajstić information content (AvgIpc) is 3.44. The van der Waals surface area contributed by atoms with Crippen LogP contribution in [0.5, 0.6) is 0 Å². The number of benzene rings is 2. The van der Waals surface area contributed by atoms with E-state index in [9.17, 15) is 23.6 Å². The number of likely N-dealkylation sites (tertiary alicyclic amines) is 1. The largest absolute Gasteiger partial charge is 0.465 e. The van der Waals surface area contributed by atoms with Crippen LogP contribution >= 0.6 is 0 Å². The predicted molar refractivity (Wildman–Crippen MR) is 155 cm³/mol. The van der Waals surface area contributed by atoms with Crippen molar-refractivity contribution in [2.75, 3.05) is 13.7 Å². The highest BCUT2D eigenvalue weighted by molar-refractivity contribution is 6.16. The molecule has 1 amide bonds. The van der Waals surface area contributed by atoms with Gasteiger partial charge in [0.15, 0.2) is 6.29 Å². The number of ether oxygens (including phenoxy) is 3. The maximum absolute atomic E-state index is 14.8. The van der Waals surface area contributed by atoms with E-state index in [0.29, 0.717) is 24.8 Å². The molecule has 0 radical (unpaired) electrons. The number of carbonyl (C=O) groups excluding carboxylic acids is 4. The van der Waals surface area contributed by atoms with Crippen molar-refractivity contribution in [3.8, 4) is 11.3 Å². The number of aldehydes is 1. The number of methoxy groups -OCH3 is 1. The van der Waals surface area contributed by atoms with E-state index < -0.39 is 40.7 Å². The van der Waals surface area contributed by atoms with Crippen molar-refractivity contribution in [1.82, 2.24) is 9.47 Å². The Morgan fingerprint density at radius 1 is 0.952 bits per heavy atom. The molecule has 1 fully saturated rings. The SMILES string of the molecule is COC(=O)c1cc(F)cc2c1c(C=O)c(-c1ccc(C3(C)CCCN3C(=O)OC(C)(C)C)cc1)n2C(=O)OC(C)(C)C. The van der Waals surface area contributed by atoms with Crippen molar-refractivity contribution >= 4 is 35.3 Å². The van der Waals surface area contributed by atoms with E-state index in [2.05, 4.69) is 0 Å². The summed E-state index contributed by atoms with van der Waals surface area (Å²) in [5.74, 6) is -1.65. The summed E-state index contributed by atoms with van der Waals surface area (Å²) in [7, 11) is 1.15. The van der Waals surface area contributed by atoms with Crippen LogP contribution in [-0.2, 0) is 19.7 Å². The van der Waals surface area contributed by atoms with Gasteiger partial charge < -0.3 is 14.2 Å². The first-order valence-corrected chi connectivity index (χ1v) is 13.8. The Labute approximate surface area is 244 Å². The smallest absolute Gasteiger partial charge is 0.419 e. The van der Waals surface area contributed by atoms with Crippen LogP contribution in [0.4, 0.5) is 14.0 Å². The quantitative estimate of drug-likeness (QED) is 0.185. The van der Waals surface area contributed by atoms with Crippen LogP contribution < -0.4 is 0 Å². The summed E-state index contributed by atoms with van der Waals surface area (Å²) in [4.78, 5) is 53.5. The minimum atomic E-state index is -0.906. The fourth-order valence-electron chi connectivity index (χ4n) is 5.44. The highest BCUT2D eigenvalue weighted by Gasteiger charge is 2.43. The average molecular weight is 581 g/mol. The van der Waals surface area contributed by atoms with Gasteiger partial charge in [-0.05, 0) is 84.6 Å². The molecule has 3 aromatic rings. The predicted octanol–water partition coefficient (Wildman–Crippen LogP) is 7.08. The number of carbonyl (C=O) groups is 4. The Morgan fingerprint density at radius 2 is 1.55 bits per heavy atom. The molecule has 1 aliphatic rings. The van der Waals surface area contributed by atoms with Gasteiger partial charge in [0.05, 0.1) is 29.4 Å². The Morgan fingerprint density at radius 3 is 2.10 bits per heavy atom. The van der Waals surface area contributed by atoms with Crippen LogP contribution in [0, 0.1) is 5.82 Å². The summed E-state index contributed by atoms with van der Waals surface area (Å²) in [5, 5.41) is 0.0713. The number of aromatic nitrogens is 1. The number of hydrogen-bond acceptors (Lipinski definition) is 7. The summed E-state index contributed by atoms with van der Waals surface area (Å²) in [6.07, 6.45) is 0.781. The molecular formula is C32H37FN2O7. The van der Waals surface area contributed by atoms with Crippen molar-refractivity contribution in [3.05, 3.63) is 58.9 Å². The lowest BCUT2D eigenvalue weighted by molar-refractivity contribution is 0.00987. The maximum atomic E-state index is 14.8. The van der Waals surface area contributed by atoms with Gasteiger partial charge in [-0.2, -0.15) is 0 Å². The highest BCUT2D eigenvalue weighted by Crippen LogP contribution is 2.41. The second-order valence-corrected chi connectivity index (χ2v) is 12.6. The van der Waals surface area contributed by atoms with Crippen molar-refractivity contribution in [2.24, 2.45) is 0 Å². The van der Waals surface area contributed by atoms with Crippen molar-refractivity contribution in [1.29, 1.82) is 0 Å². The molecule has 1 aliphatic heterocycles. The van der Waals surface area contributed by atoms with Gasteiger partial charge >= 0.3 is 18.2 Å². The Balaban J connectivity index is 1.91. The standard InChI is InChI=1S/C32H37FN2O7/c1-30(2,3)41-28(38)34-15-9-14-32(34,7)20-12-10-19(11-13-20)26-23(18-36)25-22(27(37)40-8)16-21(33)17-24(25)35(26)29(39)42-31(4,5)6/h10-13,16-18H,9,14-15H2,1-8H3. The van der Waals surface area contributed by atoms with Crippen molar-refractivity contribution < 1.29 is 37.8 Å². The molecule has 1 aromatic heterocycles. The minimum Gasteiger partial charge on any atom is -0.465 e. The lowest BCUT2D eigenvalue weighted by Gasteiger charge is -2.37. The molecule has 1 atom stereocenters. The molecule has 4 rings (SSSR count). The van der Waals surface area contributed by atoms with Gasteiger partial charge in [-0.1, -0.05) is 24.3 Å². The van der Waals surface area contributed by atoms with E-state index in [0.717, 1.165) is 35.8 Å². The van der Waals surface area contributed by atoms with Crippen LogP contribution in [0.3, 0.4) is 0 Å². The third-order valence-electron chi connectivity index (χ3n) is 7.21. The normalized spacial score (nSPS) is 17.3. The molecule has 10 heteroatoms. The number of rotatable bonds is 4. The second-order valence-electron chi connectivity index (χ2n) is 12.6. The molecule has 0 spiro atoms. The first-order valence-electron chi connectivity index (χ1n) is 13.8. The lowest BCUT2D eigenvalue weighted by Crippen LogP contribution is -2.45. The molecule has 1 unspecified atom stereocenters. The summed E-state index contributed by atoms with van der Waals surface area (Å²) in [6, 6.07) is 9.15. The van der Waals surface area contributed by atoms with Crippen molar-refractivity contribution in [2.45, 2.75) is 78.0 Å². The number of nitrogens with zero attached hydrogens (tertiary/aromatic N) is 2. The van der Waals surface area contributed by atoms with Gasteiger partial charge in [-0.25, -0.2) is 23.3 Å². The highest BCUT2D eigenvalue weighted by atomic mass is 19.1. The molecule has 0 aliphatic carbocycles. The first-order chi connectivity index (χ1) is 19.5. The zero-order valence-electron chi connectivity index (χ0n) is 25.3. The molecule has 2 aromatic carbocycles. The Bertz CT molecular complexity index is 1560. The molecule has 0 N–H and O–H groups in total. The zero-order valence-corrected chi connectivity index (χ0v) is 25.3. The molecule has 224 valence electrons. The Kier molecular flexibility index (Phi) is 7.97. The number of fused-ring (bicyclic) bond motifs is 1. The third-order valence-corrected chi connectivity index (χ3v) is 7.21. The molecule has 9 nitrogen and oxygen atoms in total. The van der Waals surface area contributed by atoms with E-state index in [1.165, 1.54) is 0 Å². The van der Waals surface area contributed by atoms with Gasteiger partial charge in [-0.3, -0.25) is 9.69 Å². The zero-order chi connectivity index (χ0) is 31.2. The number of halogens is 1. The maximum Gasteiger partial charge on any atom is 0.419 e. The van der Waals surface area contributed by atoms with E-state index in [1.54, 1.807) is 37.8 Å². The molecule has 1 saturated heterocycles. The fraction of sp³-hybridized carbons (Fsp3) is 0.438. The summed E-state index contributed by atoms with van der Waals surface area (Å²) in [6.45, 7) is 13.0. The Hall–Kier alpha value is -4.21.